The van der Waals surface area contributed by atoms with E-state index in [-0.39, 0.29) is 41.9 Å². The van der Waals surface area contributed by atoms with Crippen molar-refractivity contribution >= 4 is 23.8 Å². The van der Waals surface area contributed by atoms with Crippen LogP contribution in [0, 0.1) is 20.8 Å². The number of pyridine rings is 1. The van der Waals surface area contributed by atoms with Gasteiger partial charge in [-0.05, 0) is 84.4 Å². The second-order valence-corrected chi connectivity index (χ2v) is 11.7. The van der Waals surface area contributed by atoms with Crippen LogP contribution in [0.1, 0.15) is 129 Å². The second kappa shape index (κ2) is 16.5. The van der Waals surface area contributed by atoms with Crippen molar-refractivity contribution in [1.82, 2.24) is 4.98 Å². The van der Waals surface area contributed by atoms with Crippen molar-refractivity contribution in [2.75, 3.05) is 0 Å². The van der Waals surface area contributed by atoms with Gasteiger partial charge in [0.15, 0.2) is 0 Å². The van der Waals surface area contributed by atoms with E-state index < -0.39 is 0 Å². The minimum absolute atomic E-state index is 0. The predicted octanol–water partition coefficient (Wildman–Crippen LogP) is 4.01. The van der Waals surface area contributed by atoms with E-state index in [1.54, 1.807) is 0 Å². The Balaban J connectivity index is 0.00000507. The molecule has 3 nitrogen and oxygen atoms in total. The summed E-state index contributed by atoms with van der Waals surface area (Å²) in [5.41, 5.74) is 12.7. The summed E-state index contributed by atoms with van der Waals surface area (Å²) in [6, 6.07) is 13.3. The third-order valence-electron chi connectivity index (χ3n) is 6.78. The van der Waals surface area contributed by atoms with Crippen molar-refractivity contribution < 1.29 is 41.9 Å². The van der Waals surface area contributed by atoms with Gasteiger partial charge in [0.2, 0.25) is 0 Å². The Labute approximate surface area is 266 Å². The molecular weight excluding hydrogens is 577 g/mol. The van der Waals surface area contributed by atoms with Gasteiger partial charge in [0, 0.05) is 0 Å². The number of hydrogen-bond acceptors (Lipinski definition) is 3. The van der Waals surface area contributed by atoms with Crippen LogP contribution in [-0.4, -0.2) is 17.4 Å². The van der Waals surface area contributed by atoms with Gasteiger partial charge in [0.05, 0.1) is 35.2 Å². The van der Waals surface area contributed by atoms with Crippen molar-refractivity contribution in [3.63, 3.8) is 0 Å². The van der Waals surface area contributed by atoms with Gasteiger partial charge in [-0.1, -0.05) is 90.8 Å². The third kappa shape index (κ3) is 9.55. The summed E-state index contributed by atoms with van der Waals surface area (Å²) in [5.74, 6) is 1.60. The molecule has 3 rings (SSSR count). The number of aromatic nitrogens is 1. The Bertz CT molecular complexity index is 1170. The van der Waals surface area contributed by atoms with Crippen molar-refractivity contribution in [2.24, 2.45) is 9.98 Å². The number of rotatable bonds is 8. The van der Waals surface area contributed by atoms with E-state index in [0.717, 1.165) is 28.3 Å². The fourth-order valence-corrected chi connectivity index (χ4v) is 4.85. The number of halogens is 2. The molecule has 0 spiro atoms. The van der Waals surface area contributed by atoms with E-state index in [0.29, 0.717) is 23.7 Å². The van der Waals surface area contributed by atoms with Gasteiger partial charge in [-0.25, -0.2) is 4.98 Å². The average molecular weight is 623 g/mol. The summed E-state index contributed by atoms with van der Waals surface area (Å²) >= 11 is 0. The molecule has 0 amide bonds. The van der Waals surface area contributed by atoms with Crippen LogP contribution in [0.15, 0.2) is 46.4 Å². The van der Waals surface area contributed by atoms with Gasteiger partial charge >= 0.3 is 17.1 Å². The maximum Gasteiger partial charge on any atom is 2.00 e. The molecule has 1 aromatic heterocycles. The summed E-state index contributed by atoms with van der Waals surface area (Å²) in [5, 5.41) is 0. The Morgan fingerprint density at radius 1 is 0.500 bits per heavy atom. The molecule has 218 valence electrons. The van der Waals surface area contributed by atoms with E-state index in [2.05, 4.69) is 113 Å². The van der Waals surface area contributed by atoms with Crippen LogP contribution in [0.5, 0.6) is 0 Å². The molecule has 0 atom stereocenters. The fraction of sp³-hybridized carbons (Fsp3) is 0.441. The third-order valence-corrected chi connectivity index (χ3v) is 6.78. The normalized spacial score (nSPS) is 11.5. The van der Waals surface area contributed by atoms with Crippen LogP contribution in [0.2, 0.25) is 0 Å². The molecule has 3 aromatic rings. The fourth-order valence-electron chi connectivity index (χ4n) is 4.85. The summed E-state index contributed by atoms with van der Waals surface area (Å²) in [4.78, 5) is 14.9. The van der Waals surface area contributed by atoms with E-state index in [4.69, 9.17) is 15.0 Å². The second-order valence-electron chi connectivity index (χ2n) is 11.7. The van der Waals surface area contributed by atoms with Crippen LogP contribution < -0.4 is 24.8 Å². The first-order chi connectivity index (χ1) is 17.4. The van der Waals surface area contributed by atoms with Crippen molar-refractivity contribution in [2.45, 2.75) is 99.8 Å². The Hall–Kier alpha value is -1.97. The minimum Gasteiger partial charge on any atom is -1.00 e. The first-order valence-corrected chi connectivity index (χ1v) is 13.7. The molecule has 0 radical (unpaired) electrons. The molecule has 2 aromatic carbocycles. The zero-order valence-corrected chi connectivity index (χ0v) is 28.5. The quantitative estimate of drug-likeness (QED) is 0.277. The van der Waals surface area contributed by atoms with Crippen LogP contribution in [0.4, 0.5) is 11.4 Å². The van der Waals surface area contributed by atoms with E-state index in [1.807, 2.05) is 12.4 Å². The summed E-state index contributed by atoms with van der Waals surface area (Å²) in [7, 11) is 0. The summed E-state index contributed by atoms with van der Waals surface area (Å²) < 4.78 is 0. The van der Waals surface area contributed by atoms with Gasteiger partial charge in [0.25, 0.3) is 0 Å². The van der Waals surface area contributed by atoms with Crippen molar-refractivity contribution in [3.05, 3.63) is 86.7 Å². The van der Waals surface area contributed by atoms with Crippen LogP contribution >= 0.6 is 0 Å². The maximum absolute atomic E-state index is 5.01. The molecule has 0 unspecified atom stereocenters. The van der Waals surface area contributed by atoms with Gasteiger partial charge in [-0.3, -0.25) is 9.98 Å². The Morgan fingerprint density at radius 3 is 1.00 bits per heavy atom. The topological polar surface area (TPSA) is 37.6 Å². The minimum atomic E-state index is 0. The summed E-state index contributed by atoms with van der Waals surface area (Å²) in [6.45, 7) is 24.3. The van der Waals surface area contributed by atoms with E-state index in [9.17, 15) is 0 Å². The molecule has 0 aliphatic rings. The molecule has 0 aliphatic carbocycles. The zero-order valence-electron chi connectivity index (χ0n) is 25.9. The number of aryl methyl sites for hydroxylation is 3. The molecule has 0 bridgehead atoms. The Kier molecular flexibility index (Phi) is 15.7. The number of hydrogen-bond donors (Lipinski definition) is 0. The molecular formula is C34H45Cl2FeN3. The smallest absolute Gasteiger partial charge is 1.00 e. The summed E-state index contributed by atoms with van der Waals surface area (Å²) in [6.07, 6.45) is 3.83. The number of benzene rings is 2. The van der Waals surface area contributed by atoms with E-state index in [1.165, 1.54) is 33.4 Å². The van der Waals surface area contributed by atoms with Crippen molar-refractivity contribution in [1.29, 1.82) is 0 Å². The molecule has 0 aliphatic heterocycles. The Morgan fingerprint density at radius 2 is 0.750 bits per heavy atom. The molecule has 0 fully saturated rings. The monoisotopic (exact) mass is 621 g/mol. The predicted molar refractivity (Wildman–Crippen MR) is 162 cm³/mol. The van der Waals surface area contributed by atoms with Crippen molar-refractivity contribution in [3.8, 4) is 0 Å². The van der Waals surface area contributed by atoms with Gasteiger partial charge in [-0.2, -0.15) is 0 Å². The van der Waals surface area contributed by atoms with Gasteiger partial charge < -0.3 is 24.8 Å². The molecule has 0 saturated carbocycles. The van der Waals surface area contributed by atoms with Gasteiger partial charge in [0.1, 0.15) is 0 Å². The number of aliphatic imine (C=N–C) groups is 2. The largest absolute Gasteiger partial charge is 2.00 e. The van der Waals surface area contributed by atoms with Crippen LogP contribution in [0.3, 0.4) is 0 Å². The van der Waals surface area contributed by atoms with Crippen LogP contribution in [0.25, 0.3) is 0 Å². The molecule has 0 saturated heterocycles. The van der Waals surface area contributed by atoms with Crippen LogP contribution in [-0.2, 0) is 17.1 Å². The first kappa shape index (κ1) is 38.0. The molecule has 40 heavy (non-hydrogen) atoms. The van der Waals surface area contributed by atoms with E-state index >= 15 is 0 Å². The molecule has 1 heterocycles. The standard InChI is InChI=1S/C34H45N3.2ClH.Fe/c1-20(2)29-14-25(10)15-30(21(3)4)33(29)35-18-27-12-24(9)13-28(37-27)19-36-34-31(22(5)6)16-26(11)17-32(34)23(7)8;;;/h12-23H,1-11H3;2*1H;/q;;;+2/p-2. The number of nitrogens with zero attached hydrogens (tertiary/aromatic N) is 3. The molecule has 0 N–H and O–H groups in total. The van der Waals surface area contributed by atoms with Gasteiger partial charge in [-0.15, -0.1) is 0 Å². The first-order valence-electron chi connectivity index (χ1n) is 13.7. The molecule has 6 heteroatoms. The SMILES string of the molecule is Cc1cc(C=Nc2c(C(C)C)cc(C)cc2C(C)C)nc(C=Nc2c(C(C)C)cc(C)cc2C(C)C)c1.[Cl-].[Cl-].[Fe+2]. The zero-order chi connectivity index (χ0) is 27.4. The maximum atomic E-state index is 5.01. The average Bonchev–Trinajstić information content (AvgIpc) is 2.80.